The van der Waals surface area contributed by atoms with Gasteiger partial charge in [-0.2, -0.15) is 0 Å². The highest BCUT2D eigenvalue weighted by Gasteiger charge is 2.21. The Morgan fingerprint density at radius 2 is 1.17 bits per heavy atom. The van der Waals surface area contributed by atoms with Crippen molar-refractivity contribution in [2.24, 2.45) is 11.7 Å². The van der Waals surface area contributed by atoms with Gasteiger partial charge in [0.1, 0.15) is 6.04 Å². The second kappa shape index (κ2) is 32.7. The molecule has 2 aromatic carbocycles. The van der Waals surface area contributed by atoms with E-state index in [2.05, 4.69) is 41.0 Å². The van der Waals surface area contributed by atoms with Crippen molar-refractivity contribution in [2.45, 2.75) is 60.2 Å². The van der Waals surface area contributed by atoms with Crippen molar-refractivity contribution in [1.82, 2.24) is 15.5 Å². The number of carbonyl (C=O) groups is 4. The summed E-state index contributed by atoms with van der Waals surface area (Å²) in [6, 6.07) is 18.1. The highest BCUT2D eigenvalue weighted by Crippen LogP contribution is 2.06. The number of ether oxygens (including phenoxy) is 2. The lowest BCUT2D eigenvalue weighted by molar-refractivity contribution is -0.147. The molecule has 0 fully saturated rings. The molecule has 2 amide bonds. The first-order chi connectivity index (χ1) is 22.0. The van der Waals surface area contributed by atoms with E-state index >= 15 is 0 Å². The maximum Gasteiger partial charge on any atom is 0.403 e. The maximum absolute atomic E-state index is 11.8. The average Bonchev–Trinajstić information content (AvgIpc) is 3.07. The third kappa shape index (κ3) is 27.6. The van der Waals surface area contributed by atoms with Crippen LogP contribution in [0.5, 0.6) is 0 Å². The number of nitrogens with zero attached hydrogens (tertiary/aromatic N) is 1. The molecule has 0 aliphatic rings. The number of esters is 1. The SMILES string of the molecule is CCN(CC)CC.CCOC(=O)C[C@H](CO)C(=O)NCc1ccccc1.CCOC(=O)Cl.Cl.N[C@H](CO)C(=O)NCc1ccccc1. The molecule has 0 aliphatic carbocycles. The molecule has 0 saturated heterocycles. The molecule has 268 valence electrons. The summed E-state index contributed by atoms with van der Waals surface area (Å²) >= 11 is 4.72. The van der Waals surface area contributed by atoms with Crippen molar-refractivity contribution < 1.29 is 38.9 Å². The Hall–Kier alpha value is -3.26. The topological polar surface area (TPSA) is 181 Å². The molecule has 0 saturated carbocycles. The summed E-state index contributed by atoms with van der Waals surface area (Å²) < 4.78 is 8.93. The fourth-order valence-corrected chi connectivity index (χ4v) is 3.48. The molecule has 2 atom stereocenters. The molecule has 2 aromatic rings. The van der Waals surface area contributed by atoms with Crippen LogP contribution in [0.1, 0.15) is 52.2 Å². The zero-order valence-electron chi connectivity index (χ0n) is 28.2. The van der Waals surface area contributed by atoms with Crippen molar-refractivity contribution in [3.63, 3.8) is 0 Å². The second-order valence-corrected chi connectivity index (χ2v) is 9.68. The number of carbonyl (C=O) groups excluding carboxylic acids is 4. The third-order valence-corrected chi connectivity index (χ3v) is 6.17. The van der Waals surface area contributed by atoms with Crippen LogP contribution in [-0.2, 0) is 36.9 Å². The number of aliphatic hydroxyl groups is 2. The van der Waals surface area contributed by atoms with Crippen LogP contribution in [-0.4, -0.2) is 90.4 Å². The van der Waals surface area contributed by atoms with Gasteiger partial charge in [-0.25, -0.2) is 4.79 Å². The largest absolute Gasteiger partial charge is 0.466 e. The molecule has 0 bridgehead atoms. The number of hydrogen-bond donors (Lipinski definition) is 5. The molecule has 2 rings (SSSR count). The van der Waals surface area contributed by atoms with Gasteiger partial charge < -0.3 is 41.0 Å². The predicted molar refractivity (Wildman–Crippen MR) is 187 cm³/mol. The van der Waals surface area contributed by atoms with E-state index in [1.807, 2.05) is 60.7 Å². The Morgan fingerprint density at radius 3 is 1.47 bits per heavy atom. The number of halogens is 2. The van der Waals surface area contributed by atoms with Crippen LogP contribution >= 0.6 is 24.0 Å². The summed E-state index contributed by atoms with van der Waals surface area (Å²) in [6.45, 7) is 14.2. The normalized spacial score (nSPS) is 10.9. The van der Waals surface area contributed by atoms with Gasteiger partial charge in [-0.3, -0.25) is 14.4 Å². The van der Waals surface area contributed by atoms with Gasteiger partial charge in [0.2, 0.25) is 11.8 Å². The predicted octanol–water partition coefficient (Wildman–Crippen LogP) is 3.64. The molecule has 47 heavy (non-hydrogen) atoms. The fourth-order valence-electron chi connectivity index (χ4n) is 3.37. The number of amides is 2. The van der Waals surface area contributed by atoms with Crippen molar-refractivity contribution in [1.29, 1.82) is 0 Å². The van der Waals surface area contributed by atoms with Gasteiger partial charge in [-0.05, 0) is 44.6 Å². The molecule has 12 nitrogen and oxygen atoms in total. The Kier molecular flexibility index (Phi) is 33.5. The molecule has 0 unspecified atom stereocenters. The number of aliphatic hydroxyl groups excluding tert-OH is 2. The van der Waals surface area contributed by atoms with E-state index in [0.717, 1.165) is 11.1 Å². The minimum Gasteiger partial charge on any atom is -0.466 e. The summed E-state index contributed by atoms with van der Waals surface area (Å²) in [5, 5.41) is 23.1. The minimum absolute atomic E-state index is 0. The third-order valence-electron chi connectivity index (χ3n) is 6.06. The van der Waals surface area contributed by atoms with Gasteiger partial charge >= 0.3 is 11.4 Å². The van der Waals surface area contributed by atoms with Crippen LogP contribution in [0.4, 0.5) is 4.79 Å². The monoisotopic (exact) mass is 704 g/mol. The van der Waals surface area contributed by atoms with Crippen LogP contribution in [0.15, 0.2) is 60.7 Å². The molecule has 14 heteroatoms. The fraction of sp³-hybridized carbons (Fsp3) is 0.515. The number of benzene rings is 2. The molecule has 0 heterocycles. The van der Waals surface area contributed by atoms with Crippen molar-refractivity contribution in [3.8, 4) is 0 Å². The lowest BCUT2D eigenvalue weighted by Crippen LogP contribution is -2.42. The van der Waals surface area contributed by atoms with Crippen molar-refractivity contribution >= 4 is 47.2 Å². The Morgan fingerprint density at radius 1 is 0.745 bits per heavy atom. The highest BCUT2D eigenvalue weighted by molar-refractivity contribution is 6.61. The van der Waals surface area contributed by atoms with Gasteiger partial charge in [0.05, 0.1) is 38.8 Å². The summed E-state index contributed by atoms with van der Waals surface area (Å²) in [4.78, 5) is 46.2. The minimum atomic E-state index is -0.835. The summed E-state index contributed by atoms with van der Waals surface area (Å²) in [5.41, 5.74) is 6.55. The average molecular weight is 706 g/mol. The van der Waals surface area contributed by atoms with Gasteiger partial charge in [0.15, 0.2) is 0 Å². The molecular weight excluding hydrogens is 651 g/mol. The highest BCUT2D eigenvalue weighted by atomic mass is 35.5. The summed E-state index contributed by atoms with van der Waals surface area (Å²) in [5.74, 6) is -1.92. The summed E-state index contributed by atoms with van der Waals surface area (Å²) in [7, 11) is 0. The number of nitrogens with two attached hydrogens (primary N) is 1. The molecule has 0 spiro atoms. The molecule has 0 radical (unpaired) electrons. The summed E-state index contributed by atoms with van der Waals surface area (Å²) in [6.07, 6.45) is -0.106. The first kappa shape index (κ1) is 48.1. The van der Waals surface area contributed by atoms with E-state index < -0.39 is 23.4 Å². The second-order valence-electron chi connectivity index (χ2n) is 9.37. The van der Waals surface area contributed by atoms with Gasteiger partial charge in [0.25, 0.3) is 0 Å². The zero-order chi connectivity index (χ0) is 35.2. The number of nitrogens with one attached hydrogen (secondary N) is 2. The first-order valence-corrected chi connectivity index (χ1v) is 15.7. The van der Waals surface area contributed by atoms with E-state index in [-0.39, 0.29) is 50.5 Å². The van der Waals surface area contributed by atoms with Crippen LogP contribution in [0.3, 0.4) is 0 Å². The van der Waals surface area contributed by atoms with Gasteiger partial charge in [0, 0.05) is 24.7 Å². The van der Waals surface area contributed by atoms with Gasteiger partial charge in [-0.15, -0.1) is 12.4 Å². The van der Waals surface area contributed by atoms with E-state index in [1.165, 1.54) is 19.6 Å². The lowest BCUT2D eigenvalue weighted by atomic mass is 10.1. The molecular formula is C33H54Cl2N4O8. The first-order valence-electron chi connectivity index (χ1n) is 15.3. The molecule has 0 aromatic heterocycles. The Bertz CT molecular complexity index is 1060. The van der Waals surface area contributed by atoms with E-state index in [4.69, 9.17) is 32.3 Å². The van der Waals surface area contributed by atoms with Crippen LogP contribution in [0.2, 0.25) is 0 Å². The Labute approximate surface area is 290 Å². The lowest BCUT2D eigenvalue weighted by Gasteiger charge is -2.13. The number of hydrogen-bond acceptors (Lipinski definition) is 10. The van der Waals surface area contributed by atoms with Crippen LogP contribution in [0.25, 0.3) is 0 Å². The van der Waals surface area contributed by atoms with Gasteiger partial charge in [-0.1, -0.05) is 81.4 Å². The quantitative estimate of drug-likeness (QED) is 0.136. The van der Waals surface area contributed by atoms with E-state index in [9.17, 15) is 19.2 Å². The van der Waals surface area contributed by atoms with E-state index in [1.54, 1.807) is 13.8 Å². The Balaban J connectivity index is -0.000000605. The van der Waals surface area contributed by atoms with E-state index in [0.29, 0.717) is 19.7 Å². The van der Waals surface area contributed by atoms with Crippen LogP contribution in [0, 0.1) is 5.92 Å². The standard InChI is InChI=1S/C14H19NO4.C10H14N2O2.C6H15N.C3H5ClO2.ClH/c1-2-19-13(17)8-12(10-16)14(18)15-9-11-6-4-3-5-7-11;11-9(7-13)10(14)12-6-8-4-2-1-3-5-8;1-4-7(5-2)6-3;1-2-6-3(4)5;/h3-7,12,16H,2,8-10H2,1H3,(H,15,18);1-5,9,13H,6-7,11H2,(H,12,14);4-6H2,1-3H3;2H2,1H3;1H/t12-;9-;;;/m11.../s1. The molecule has 0 aliphatic heterocycles. The number of rotatable bonds is 15. The smallest absolute Gasteiger partial charge is 0.403 e. The van der Waals surface area contributed by atoms with Crippen molar-refractivity contribution in [3.05, 3.63) is 71.8 Å². The van der Waals surface area contributed by atoms with Crippen molar-refractivity contribution in [2.75, 3.05) is 46.1 Å². The molecule has 6 N–H and O–H groups in total. The maximum atomic E-state index is 11.8. The zero-order valence-corrected chi connectivity index (χ0v) is 29.7. The van der Waals surface area contributed by atoms with Crippen LogP contribution < -0.4 is 16.4 Å².